The first kappa shape index (κ1) is 25.3. The molecule has 1 atom stereocenters. The predicted octanol–water partition coefficient (Wildman–Crippen LogP) is 2.68. The molecular weight excluding hydrogens is 438 g/mol. The number of benzene rings is 1. The first-order valence-corrected chi connectivity index (χ1v) is 11.7. The summed E-state index contributed by atoms with van der Waals surface area (Å²) >= 11 is 0. The van der Waals surface area contributed by atoms with E-state index < -0.39 is 17.9 Å². The molecule has 9 nitrogen and oxygen atoms in total. The first-order valence-electron chi connectivity index (χ1n) is 11.7. The van der Waals surface area contributed by atoms with E-state index in [-0.39, 0.29) is 37.4 Å². The lowest BCUT2D eigenvalue weighted by molar-refractivity contribution is -0.141. The van der Waals surface area contributed by atoms with Gasteiger partial charge in [-0.25, -0.2) is 0 Å². The van der Waals surface area contributed by atoms with Crippen molar-refractivity contribution in [3.05, 3.63) is 54.0 Å². The van der Waals surface area contributed by atoms with E-state index >= 15 is 0 Å². The fourth-order valence-corrected chi connectivity index (χ4v) is 4.08. The van der Waals surface area contributed by atoms with Crippen molar-refractivity contribution in [3.63, 3.8) is 0 Å². The molecular formula is C25H33N3O6. The highest BCUT2D eigenvalue weighted by molar-refractivity contribution is 5.95. The zero-order valence-corrected chi connectivity index (χ0v) is 19.7. The summed E-state index contributed by atoms with van der Waals surface area (Å²) in [6.45, 7) is 2.56. The number of ether oxygens (including phenoxy) is 2. The van der Waals surface area contributed by atoms with E-state index in [1.807, 2.05) is 6.92 Å². The Kier molecular flexibility index (Phi) is 9.51. The molecule has 3 amide bonds. The zero-order chi connectivity index (χ0) is 24.3. The lowest BCUT2D eigenvalue weighted by Gasteiger charge is -2.32. The second-order valence-electron chi connectivity index (χ2n) is 8.13. The van der Waals surface area contributed by atoms with Crippen LogP contribution < -0.4 is 15.4 Å². The van der Waals surface area contributed by atoms with Crippen LogP contribution in [0.1, 0.15) is 54.8 Å². The Hall–Kier alpha value is -3.33. The largest absolute Gasteiger partial charge is 0.494 e. The van der Waals surface area contributed by atoms with Gasteiger partial charge in [0.15, 0.2) is 5.76 Å². The maximum atomic E-state index is 13.5. The van der Waals surface area contributed by atoms with Crippen molar-refractivity contribution in [3.8, 4) is 5.75 Å². The molecule has 0 saturated heterocycles. The molecule has 9 heteroatoms. The molecule has 0 radical (unpaired) electrons. The predicted molar refractivity (Wildman–Crippen MR) is 125 cm³/mol. The Morgan fingerprint density at radius 1 is 1.15 bits per heavy atom. The summed E-state index contributed by atoms with van der Waals surface area (Å²) in [6, 6.07) is 9.47. The molecule has 2 aromatic rings. The van der Waals surface area contributed by atoms with E-state index in [9.17, 15) is 14.4 Å². The summed E-state index contributed by atoms with van der Waals surface area (Å²) in [7, 11) is 1.53. The molecule has 0 bridgehead atoms. The van der Waals surface area contributed by atoms with E-state index in [4.69, 9.17) is 13.9 Å². The van der Waals surface area contributed by atoms with Gasteiger partial charge in [0.05, 0.1) is 26.0 Å². The van der Waals surface area contributed by atoms with Crippen molar-refractivity contribution in [2.45, 2.75) is 44.7 Å². The minimum absolute atomic E-state index is 0.0933. The van der Waals surface area contributed by atoms with Gasteiger partial charge in [-0.3, -0.25) is 14.4 Å². The number of nitrogens with one attached hydrogen (secondary N) is 2. The molecule has 3 rings (SSSR count). The average molecular weight is 472 g/mol. The van der Waals surface area contributed by atoms with Crippen LogP contribution in [0.15, 0.2) is 47.1 Å². The summed E-state index contributed by atoms with van der Waals surface area (Å²) in [4.78, 5) is 40.4. The summed E-state index contributed by atoms with van der Waals surface area (Å²) in [5.74, 6) is -0.367. The van der Waals surface area contributed by atoms with Crippen LogP contribution >= 0.6 is 0 Å². The van der Waals surface area contributed by atoms with E-state index in [2.05, 4.69) is 10.6 Å². The minimum Gasteiger partial charge on any atom is -0.494 e. The molecule has 1 aliphatic rings. The molecule has 1 saturated carbocycles. The van der Waals surface area contributed by atoms with E-state index in [0.717, 1.165) is 25.7 Å². The zero-order valence-electron chi connectivity index (χ0n) is 19.7. The lowest BCUT2D eigenvalue weighted by atomic mass is 10.0. The number of rotatable bonds is 12. The van der Waals surface area contributed by atoms with Gasteiger partial charge in [0, 0.05) is 19.7 Å². The third-order valence-electron chi connectivity index (χ3n) is 5.77. The second kappa shape index (κ2) is 12.8. The van der Waals surface area contributed by atoms with E-state index in [0.29, 0.717) is 17.9 Å². The van der Waals surface area contributed by atoms with Crippen LogP contribution in [-0.2, 0) is 14.3 Å². The van der Waals surface area contributed by atoms with Gasteiger partial charge in [-0.2, -0.15) is 0 Å². The highest BCUT2D eigenvalue weighted by atomic mass is 16.5. The number of furan rings is 1. The van der Waals surface area contributed by atoms with Crippen molar-refractivity contribution in [1.29, 1.82) is 0 Å². The van der Waals surface area contributed by atoms with Crippen LogP contribution in [0.25, 0.3) is 0 Å². The smallest absolute Gasteiger partial charge is 0.287 e. The van der Waals surface area contributed by atoms with Crippen LogP contribution in [0, 0.1) is 0 Å². The van der Waals surface area contributed by atoms with Crippen molar-refractivity contribution in [1.82, 2.24) is 15.5 Å². The standard InChI is InChI=1S/C25H33N3O6/c1-3-33-20-12-10-18(11-13-20)23(25(31)27-19-7-4-5-8-19)28(14-16-32-2)22(29)17-26-24(30)21-9-6-15-34-21/h6,9-13,15,19,23H,3-5,7-8,14,16-17H2,1-2H3,(H,26,30)(H,27,31)/t23-/m1/s1. The summed E-state index contributed by atoms with van der Waals surface area (Å²) in [5.41, 5.74) is 0.653. The van der Waals surface area contributed by atoms with Crippen LogP contribution in [0.4, 0.5) is 0 Å². The first-order chi connectivity index (χ1) is 16.5. The molecule has 0 unspecified atom stereocenters. The highest BCUT2D eigenvalue weighted by Gasteiger charge is 2.33. The number of hydrogen-bond acceptors (Lipinski definition) is 6. The van der Waals surface area contributed by atoms with Gasteiger partial charge < -0.3 is 29.4 Å². The summed E-state index contributed by atoms with van der Waals surface area (Å²) < 4.78 is 15.8. The molecule has 34 heavy (non-hydrogen) atoms. The van der Waals surface area contributed by atoms with Gasteiger partial charge in [-0.15, -0.1) is 0 Å². The van der Waals surface area contributed by atoms with Gasteiger partial charge in [0.2, 0.25) is 11.8 Å². The van der Waals surface area contributed by atoms with Crippen LogP contribution in [0.5, 0.6) is 5.75 Å². The van der Waals surface area contributed by atoms with Crippen LogP contribution in [-0.4, -0.2) is 62.1 Å². The highest BCUT2D eigenvalue weighted by Crippen LogP contribution is 2.26. The Labute approximate surface area is 199 Å². The van der Waals surface area contributed by atoms with Crippen molar-refractivity contribution >= 4 is 17.7 Å². The monoisotopic (exact) mass is 471 g/mol. The number of methoxy groups -OCH3 is 1. The number of amides is 3. The third-order valence-corrected chi connectivity index (χ3v) is 5.77. The van der Waals surface area contributed by atoms with Gasteiger partial charge in [0.25, 0.3) is 5.91 Å². The molecule has 1 fully saturated rings. The fraction of sp³-hybridized carbons (Fsp3) is 0.480. The normalized spacial score (nSPS) is 14.4. The van der Waals surface area contributed by atoms with E-state index in [1.54, 1.807) is 30.3 Å². The Morgan fingerprint density at radius 2 is 1.88 bits per heavy atom. The maximum Gasteiger partial charge on any atom is 0.287 e. The molecule has 1 aromatic heterocycles. The second-order valence-corrected chi connectivity index (χ2v) is 8.13. The van der Waals surface area contributed by atoms with Gasteiger partial charge in [-0.05, 0) is 49.6 Å². The SMILES string of the molecule is CCOc1ccc([C@H](C(=O)NC2CCCC2)N(CCOC)C(=O)CNC(=O)c2ccco2)cc1. The number of carbonyl (C=O) groups is 3. The molecule has 184 valence electrons. The molecule has 1 heterocycles. The van der Waals surface area contributed by atoms with Gasteiger partial charge in [-0.1, -0.05) is 25.0 Å². The number of hydrogen-bond donors (Lipinski definition) is 2. The Balaban J connectivity index is 1.82. The fourth-order valence-electron chi connectivity index (χ4n) is 4.08. The number of nitrogens with zero attached hydrogens (tertiary/aromatic N) is 1. The van der Waals surface area contributed by atoms with Crippen molar-refractivity contribution in [2.75, 3.05) is 33.4 Å². The average Bonchev–Trinajstić information content (AvgIpc) is 3.55. The third kappa shape index (κ3) is 6.84. The van der Waals surface area contributed by atoms with Gasteiger partial charge >= 0.3 is 0 Å². The van der Waals surface area contributed by atoms with Crippen molar-refractivity contribution in [2.24, 2.45) is 0 Å². The molecule has 0 spiro atoms. The maximum absolute atomic E-state index is 13.5. The van der Waals surface area contributed by atoms with Gasteiger partial charge in [0.1, 0.15) is 11.8 Å². The quantitative estimate of drug-likeness (QED) is 0.493. The number of carbonyl (C=O) groups excluding carboxylic acids is 3. The summed E-state index contributed by atoms with van der Waals surface area (Å²) in [5, 5.41) is 5.68. The van der Waals surface area contributed by atoms with Crippen molar-refractivity contribution < 1.29 is 28.3 Å². The van der Waals surface area contributed by atoms with Crippen LogP contribution in [0.2, 0.25) is 0 Å². The lowest BCUT2D eigenvalue weighted by Crippen LogP contribution is -2.49. The Morgan fingerprint density at radius 3 is 2.50 bits per heavy atom. The van der Waals surface area contributed by atoms with Crippen LogP contribution in [0.3, 0.4) is 0 Å². The summed E-state index contributed by atoms with van der Waals surface area (Å²) in [6.07, 6.45) is 5.38. The molecule has 2 N–H and O–H groups in total. The topological polar surface area (TPSA) is 110 Å². The molecule has 1 aromatic carbocycles. The molecule has 1 aliphatic carbocycles. The van der Waals surface area contributed by atoms with E-state index in [1.165, 1.54) is 24.3 Å². The minimum atomic E-state index is -0.876. The molecule has 0 aliphatic heterocycles. The Bertz CT molecular complexity index is 923.